The lowest BCUT2D eigenvalue weighted by Crippen LogP contribution is -2.31. The molecule has 0 spiro atoms. The number of rotatable bonds is 4. The summed E-state index contributed by atoms with van der Waals surface area (Å²) in [5, 5.41) is 3.38. The molecule has 0 saturated heterocycles. The van der Waals surface area contributed by atoms with Crippen molar-refractivity contribution in [3.05, 3.63) is 28.3 Å². The van der Waals surface area contributed by atoms with Crippen molar-refractivity contribution in [2.45, 2.75) is 13.0 Å². The Hall–Kier alpha value is -1.26. The van der Waals surface area contributed by atoms with Gasteiger partial charge in [-0.25, -0.2) is 0 Å². The zero-order valence-corrected chi connectivity index (χ0v) is 10.3. The number of methoxy groups -OCH3 is 1. The molecule has 0 bridgehead atoms. The highest BCUT2D eigenvalue weighted by Gasteiger charge is 2.21. The van der Waals surface area contributed by atoms with Gasteiger partial charge in [-0.15, -0.1) is 0 Å². The van der Waals surface area contributed by atoms with Gasteiger partial charge in [0.1, 0.15) is 11.8 Å². The maximum Gasteiger partial charge on any atom is 0.239 e. The van der Waals surface area contributed by atoms with E-state index < -0.39 is 11.9 Å². The molecular formula is C11H15ClN2O2. The molecule has 16 heavy (non-hydrogen) atoms. The zero-order chi connectivity index (χ0) is 12.3. The molecule has 1 atom stereocenters. The normalized spacial score (nSPS) is 12.2. The zero-order valence-electron chi connectivity index (χ0n) is 9.50. The Morgan fingerprint density at radius 1 is 1.56 bits per heavy atom. The second kappa shape index (κ2) is 5.18. The average Bonchev–Trinajstić information content (AvgIpc) is 2.17. The summed E-state index contributed by atoms with van der Waals surface area (Å²) in [5.74, 6) is 0.157. The van der Waals surface area contributed by atoms with Crippen LogP contribution in [0.1, 0.15) is 17.2 Å². The second-order valence-corrected chi connectivity index (χ2v) is 3.91. The van der Waals surface area contributed by atoms with Crippen LogP contribution < -0.4 is 15.8 Å². The molecule has 0 radical (unpaired) electrons. The number of likely N-dealkylation sites (N-methyl/N-ethyl adjacent to an activating group) is 1. The first kappa shape index (κ1) is 12.8. The van der Waals surface area contributed by atoms with E-state index in [1.54, 1.807) is 26.3 Å². The SMILES string of the molecule is CNC(C(N)=O)c1cc(Cl)cc(C)c1OC. The van der Waals surface area contributed by atoms with Crippen LogP contribution in [-0.2, 0) is 4.79 Å². The van der Waals surface area contributed by atoms with Crippen molar-refractivity contribution in [1.29, 1.82) is 0 Å². The van der Waals surface area contributed by atoms with E-state index in [4.69, 9.17) is 22.1 Å². The molecule has 0 aliphatic carbocycles. The standard InChI is InChI=1S/C11H15ClN2O2/c1-6-4-7(12)5-8(10(6)16-3)9(14-2)11(13)15/h4-5,9,14H,1-3H3,(H2,13,15). The number of aryl methyl sites for hydroxylation is 1. The molecule has 0 aliphatic heterocycles. The van der Waals surface area contributed by atoms with Gasteiger partial charge in [-0.1, -0.05) is 11.6 Å². The largest absolute Gasteiger partial charge is 0.496 e. The Morgan fingerprint density at radius 3 is 2.62 bits per heavy atom. The minimum Gasteiger partial charge on any atom is -0.496 e. The molecule has 0 saturated carbocycles. The number of benzene rings is 1. The van der Waals surface area contributed by atoms with Crippen LogP contribution >= 0.6 is 11.6 Å². The van der Waals surface area contributed by atoms with Crippen LogP contribution in [0.3, 0.4) is 0 Å². The van der Waals surface area contributed by atoms with Gasteiger partial charge in [-0.05, 0) is 31.7 Å². The number of primary amides is 1. The van der Waals surface area contributed by atoms with Crippen molar-refractivity contribution in [3.8, 4) is 5.75 Å². The minimum atomic E-state index is -0.604. The summed E-state index contributed by atoms with van der Waals surface area (Å²) in [5.41, 5.74) is 6.83. The highest BCUT2D eigenvalue weighted by molar-refractivity contribution is 6.30. The third kappa shape index (κ3) is 2.46. The summed E-state index contributed by atoms with van der Waals surface area (Å²) in [7, 11) is 3.21. The number of carbonyl (C=O) groups is 1. The lowest BCUT2D eigenvalue weighted by Gasteiger charge is -2.18. The molecule has 88 valence electrons. The molecule has 0 aromatic heterocycles. The van der Waals surface area contributed by atoms with Crippen molar-refractivity contribution in [3.63, 3.8) is 0 Å². The van der Waals surface area contributed by atoms with E-state index in [-0.39, 0.29) is 0 Å². The number of hydrogen-bond acceptors (Lipinski definition) is 3. The van der Waals surface area contributed by atoms with Gasteiger partial charge >= 0.3 is 0 Å². The summed E-state index contributed by atoms with van der Waals surface area (Å²) < 4.78 is 5.26. The van der Waals surface area contributed by atoms with E-state index in [0.29, 0.717) is 16.3 Å². The fraction of sp³-hybridized carbons (Fsp3) is 0.364. The first-order valence-corrected chi connectivity index (χ1v) is 5.19. The van der Waals surface area contributed by atoms with E-state index >= 15 is 0 Å². The fourth-order valence-electron chi connectivity index (χ4n) is 1.70. The number of hydrogen-bond donors (Lipinski definition) is 2. The summed E-state index contributed by atoms with van der Waals surface area (Å²) >= 11 is 5.95. The van der Waals surface area contributed by atoms with Gasteiger partial charge < -0.3 is 15.8 Å². The smallest absolute Gasteiger partial charge is 0.239 e. The summed E-state index contributed by atoms with van der Waals surface area (Å²) in [6.07, 6.45) is 0. The Morgan fingerprint density at radius 2 is 2.19 bits per heavy atom. The van der Waals surface area contributed by atoms with E-state index in [1.807, 2.05) is 6.92 Å². The molecule has 0 heterocycles. The van der Waals surface area contributed by atoms with Crippen LogP contribution in [0.5, 0.6) is 5.75 Å². The molecule has 1 amide bonds. The third-order valence-corrected chi connectivity index (χ3v) is 2.57. The predicted molar refractivity (Wildman–Crippen MR) is 63.7 cm³/mol. The Labute approximate surface area is 99.7 Å². The Bertz CT molecular complexity index is 407. The number of carbonyl (C=O) groups excluding carboxylic acids is 1. The monoisotopic (exact) mass is 242 g/mol. The van der Waals surface area contributed by atoms with Crippen LogP contribution in [0.2, 0.25) is 5.02 Å². The Balaban J connectivity index is 3.34. The molecule has 0 aliphatic rings. The number of halogens is 1. The van der Waals surface area contributed by atoms with Crippen molar-refractivity contribution >= 4 is 17.5 Å². The van der Waals surface area contributed by atoms with Crippen LogP contribution in [0.25, 0.3) is 0 Å². The van der Waals surface area contributed by atoms with Gasteiger partial charge in [0, 0.05) is 10.6 Å². The fourth-order valence-corrected chi connectivity index (χ4v) is 1.98. The van der Waals surface area contributed by atoms with Crippen LogP contribution in [0.4, 0.5) is 0 Å². The van der Waals surface area contributed by atoms with Gasteiger partial charge in [0.05, 0.1) is 7.11 Å². The van der Waals surface area contributed by atoms with Gasteiger partial charge in [-0.2, -0.15) is 0 Å². The second-order valence-electron chi connectivity index (χ2n) is 3.47. The van der Waals surface area contributed by atoms with Gasteiger partial charge in [-0.3, -0.25) is 4.79 Å². The van der Waals surface area contributed by atoms with Crippen LogP contribution in [0, 0.1) is 6.92 Å². The topological polar surface area (TPSA) is 64.3 Å². The molecule has 1 aromatic carbocycles. The first-order valence-electron chi connectivity index (χ1n) is 4.81. The van der Waals surface area contributed by atoms with Crippen molar-refractivity contribution in [1.82, 2.24) is 5.32 Å². The van der Waals surface area contributed by atoms with Gasteiger partial charge in [0.2, 0.25) is 5.91 Å². The van der Waals surface area contributed by atoms with E-state index in [9.17, 15) is 4.79 Å². The van der Waals surface area contributed by atoms with E-state index in [1.165, 1.54) is 0 Å². The first-order chi connectivity index (χ1) is 7.51. The number of amides is 1. The number of ether oxygens (including phenoxy) is 1. The van der Waals surface area contributed by atoms with Crippen LogP contribution in [0.15, 0.2) is 12.1 Å². The molecule has 3 N–H and O–H groups in total. The lowest BCUT2D eigenvalue weighted by atomic mass is 10.0. The summed E-state index contributed by atoms with van der Waals surface area (Å²) in [6.45, 7) is 1.86. The predicted octanol–water partition coefficient (Wildman–Crippen LogP) is 1.40. The maximum absolute atomic E-state index is 11.3. The maximum atomic E-state index is 11.3. The van der Waals surface area contributed by atoms with Crippen LogP contribution in [-0.4, -0.2) is 20.1 Å². The molecular weight excluding hydrogens is 228 g/mol. The molecule has 1 rings (SSSR count). The highest BCUT2D eigenvalue weighted by Crippen LogP contribution is 2.31. The van der Waals surface area contributed by atoms with E-state index in [2.05, 4.69) is 5.32 Å². The quantitative estimate of drug-likeness (QED) is 0.839. The average molecular weight is 243 g/mol. The Kier molecular flexibility index (Phi) is 4.15. The minimum absolute atomic E-state index is 0.470. The van der Waals surface area contributed by atoms with E-state index in [0.717, 1.165) is 5.56 Å². The lowest BCUT2D eigenvalue weighted by molar-refractivity contribution is -0.120. The van der Waals surface area contributed by atoms with Crippen molar-refractivity contribution in [2.24, 2.45) is 5.73 Å². The van der Waals surface area contributed by atoms with Gasteiger partial charge in [0.25, 0.3) is 0 Å². The van der Waals surface area contributed by atoms with Crippen molar-refractivity contribution < 1.29 is 9.53 Å². The third-order valence-electron chi connectivity index (χ3n) is 2.36. The number of nitrogens with two attached hydrogens (primary N) is 1. The number of nitrogens with one attached hydrogen (secondary N) is 1. The molecule has 0 fully saturated rings. The summed E-state index contributed by atoms with van der Waals surface area (Å²) in [6, 6.07) is 2.85. The highest BCUT2D eigenvalue weighted by atomic mass is 35.5. The molecule has 1 unspecified atom stereocenters. The van der Waals surface area contributed by atoms with Crippen molar-refractivity contribution in [2.75, 3.05) is 14.2 Å². The molecule has 5 heteroatoms. The molecule has 4 nitrogen and oxygen atoms in total. The molecule has 1 aromatic rings. The van der Waals surface area contributed by atoms with Gasteiger partial charge in [0.15, 0.2) is 0 Å². The summed E-state index contributed by atoms with van der Waals surface area (Å²) in [4.78, 5) is 11.3.